The number of morpholine rings is 1. The summed E-state index contributed by atoms with van der Waals surface area (Å²) in [7, 11) is 0. The first-order valence-electron chi connectivity index (χ1n) is 6.08. The molecule has 2 bridgehead atoms. The number of amides is 3. The summed E-state index contributed by atoms with van der Waals surface area (Å²) in [6.45, 7) is -0.0598. The average molecular weight is 272 g/mol. The molecule has 0 aromatic carbocycles. The zero-order chi connectivity index (χ0) is 13.8. The maximum absolute atomic E-state index is 11.8. The Labute approximate surface area is 109 Å². The topological polar surface area (TPSA) is 105 Å². The monoisotopic (exact) mass is 272 g/mol. The Morgan fingerprint density at radius 3 is 2.42 bits per heavy atom. The number of rotatable bonds is 4. The van der Waals surface area contributed by atoms with Crippen molar-refractivity contribution >= 4 is 17.9 Å². The van der Waals surface area contributed by atoms with Gasteiger partial charge in [0.2, 0.25) is 0 Å². The summed E-state index contributed by atoms with van der Waals surface area (Å²) in [6.07, 6.45) is 1.99. The molecule has 0 aromatic rings. The van der Waals surface area contributed by atoms with E-state index in [1.807, 2.05) is 0 Å². The molecule has 2 aliphatic heterocycles. The van der Waals surface area contributed by atoms with E-state index in [4.69, 9.17) is 9.84 Å². The zero-order valence-corrected chi connectivity index (χ0v) is 10.3. The standard InChI is InChI=1S/C11H16N2O6/c14-9(5-18-6-10(15)16)12-11(17)13-3-7-1-2-8(4-13)19-7/h7-8H,1-6H2,(H,15,16)(H,12,14,17). The summed E-state index contributed by atoms with van der Waals surface area (Å²) in [6, 6.07) is -0.482. The maximum Gasteiger partial charge on any atom is 0.329 e. The van der Waals surface area contributed by atoms with Crippen LogP contribution in [-0.4, -0.2) is 66.4 Å². The molecule has 8 heteroatoms. The van der Waals surface area contributed by atoms with Crippen molar-refractivity contribution in [1.82, 2.24) is 10.2 Å². The predicted octanol–water partition coefficient (Wildman–Crippen LogP) is -0.813. The molecule has 3 amide bonds. The molecule has 0 aromatic heterocycles. The minimum Gasteiger partial charge on any atom is -0.480 e. The van der Waals surface area contributed by atoms with E-state index in [0.717, 1.165) is 12.8 Å². The third kappa shape index (κ3) is 3.90. The summed E-state index contributed by atoms with van der Waals surface area (Å²) < 4.78 is 10.2. The molecule has 2 unspecified atom stereocenters. The number of urea groups is 1. The fourth-order valence-electron chi connectivity index (χ4n) is 2.25. The quantitative estimate of drug-likeness (QED) is 0.693. The SMILES string of the molecule is O=C(O)COCC(=O)NC(=O)N1CC2CCC(C1)O2. The summed E-state index contributed by atoms with van der Waals surface area (Å²) in [5.74, 6) is -1.81. The molecule has 2 heterocycles. The normalized spacial score (nSPS) is 25.2. The summed E-state index contributed by atoms with van der Waals surface area (Å²) in [5.41, 5.74) is 0. The largest absolute Gasteiger partial charge is 0.480 e. The van der Waals surface area contributed by atoms with Gasteiger partial charge in [-0.3, -0.25) is 10.1 Å². The molecule has 8 nitrogen and oxygen atoms in total. The molecule has 2 aliphatic rings. The highest BCUT2D eigenvalue weighted by atomic mass is 16.5. The van der Waals surface area contributed by atoms with Gasteiger partial charge in [0.15, 0.2) is 0 Å². The summed E-state index contributed by atoms with van der Waals surface area (Å²) in [4.78, 5) is 34.9. The first-order chi connectivity index (χ1) is 9.04. The van der Waals surface area contributed by atoms with Gasteiger partial charge in [-0.1, -0.05) is 0 Å². The van der Waals surface area contributed by atoms with Gasteiger partial charge < -0.3 is 19.5 Å². The van der Waals surface area contributed by atoms with Gasteiger partial charge in [-0.15, -0.1) is 0 Å². The molecule has 2 N–H and O–H groups in total. The number of fused-ring (bicyclic) bond motifs is 2. The Kier molecular flexibility index (Phi) is 4.33. The first kappa shape index (κ1) is 13.8. The van der Waals surface area contributed by atoms with Crippen LogP contribution in [0.25, 0.3) is 0 Å². The van der Waals surface area contributed by atoms with Gasteiger partial charge in [-0.2, -0.15) is 0 Å². The fraction of sp³-hybridized carbons (Fsp3) is 0.727. The van der Waals surface area contributed by atoms with Gasteiger partial charge in [-0.05, 0) is 12.8 Å². The predicted molar refractivity (Wildman–Crippen MR) is 61.5 cm³/mol. The van der Waals surface area contributed by atoms with E-state index in [-0.39, 0.29) is 12.2 Å². The van der Waals surface area contributed by atoms with E-state index in [9.17, 15) is 14.4 Å². The summed E-state index contributed by atoms with van der Waals surface area (Å²) in [5, 5.41) is 10.5. The van der Waals surface area contributed by atoms with E-state index in [0.29, 0.717) is 13.1 Å². The number of aliphatic carboxylic acids is 1. The van der Waals surface area contributed by atoms with Crippen LogP contribution in [0.4, 0.5) is 4.79 Å². The van der Waals surface area contributed by atoms with Gasteiger partial charge in [-0.25, -0.2) is 9.59 Å². The van der Waals surface area contributed by atoms with Crippen molar-refractivity contribution in [1.29, 1.82) is 0 Å². The Bertz CT molecular complexity index is 373. The van der Waals surface area contributed by atoms with Crippen molar-refractivity contribution in [2.75, 3.05) is 26.3 Å². The van der Waals surface area contributed by atoms with Gasteiger partial charge in [0.1, 0.15) is 13.2 Å². The second kappa shape index (κ2) is 5.98. The Morgan fingerprint density at radius 2 is 1.84 bits per heavy atom. The van der Waals surface area contributed by atoms with E-state index in [1.54, 1.807) is 4.90 Å². The number of carbonyl (C=O) groups is 3. The molecular weight excluding hydrogens is 256 g/mol. The number of nitrogens with zero attached hydrogens (tertiary/aromatic N) is 1. The highest BCUT2D eigenvalue weighted by Gasteiger charge is 2.36. The molecule has 2 fully saturated rings. The highest BCUT2D eigenvalue weighted by molar-refractivity contribution is 5.95. The second-order valence-electron chi connectivity index (χ2n) is 4.60. The zero-order valence-electron chi connectivity index (χ0n) is 10.3. The van der Waals surface area contributed by atoms with Crippen LogP contribution in [0.5, 0.6) is 0 Å². The summed E-state index contributed by atoms with van der Waals surface area (Å²) >= 11 is 0. The van der Waals surface area contributed by atoms with Crippen molar-refractivity contribution in [2.24, 2.45) is 0 Å². The van der Waals surface area contributed by atoms with E-state index in [1.165, 1.54) is 0 Å². The molecule has 2 atom stereocenters. The lowest BCUT2D eigenvalue weighted by Crippen LogP contribution is -2.51. The molecule has 0 radical (unpaired) electrons. The van der Waals surface area contributed by atoms with Gasteiger partial charge in [0.05, 0.1) is 12.2 Å². The third-order valence-corrected chi connectivity index (χ3v) is 3.04. The Balaban J connectivity index is 1.71. The van der Waals surface area contributed by atoms with Crippen LogP contribution in [0, 0.1) is 0 Å². The fourth-order valence-corrected chi connectivity index (χ4v) is 2.25. The number of carboxylic acids is 1. The number of likely N-dealkylation sites (tertiary alicyclic amines) is 1. The third-order valence-electron chi connectivity index (χ3n) is 3.04. The Morgan fingerprint density at radius 1 is 1.21 bits per heavy atom. The van der Waals surface area contributed by atoms with Crippen LogP contribution in [0.3, 0.4) is 0 Å². The van der Waals surface area contributed by atoms with Crippen LogP contribution in [-0.2, 0) is 19.1 Å². The first-order valence-corrected chi connectivity index (χ1v) is 6.08. The minimum absolute atomic E-state index is 0.0582. The van der Waals surface area contributed by atoms with Gasteiger partial charge in [0.25, 0.3) is 5.91 Å². The van der Waals surface area contributed by atoms with Crippen molar-refractivity contribution in [3.05, 3.63) is 0 Å². The van der Waals surface area contributed by atoms with Crippen molar-refractivity contribution < 1.29 is 29.0 Å². The molecular formula is C11H16N2O6. The van der Waals surface area contributed by atoms with Crippen LogP contribution in [0.15, 0.2) is 0 Å². The number of ether oxygens (including phenoxy) is 2. The van der Waals surface area contributed by atoms with Crippen LogP contribution >= 0.6 is 0 Å². The van der Waals surface area contributed by atoms with Gasteiger partial charge >= 0.3 is 12.0 Å². The minimum atomic E-state index is -1.16. The molecule has 106 valence electrons. The number of carbonyl (C=O) groups excluding carboxylic acids is 2. The molecule has 0 aliphatic carbocycles. The van der Waals surface area contributed by atoms with E-state index in [2.05, 4.69) is 10.1 Å². The lowest BCUT2D eigenvalue weighted by molar-refractivity contribution is -0.143. The highest BCUT2D eigenvalue weighted by Crippen LogP contribution is 2.25. The average Bonchev–Trinajstić information content (AvgIpc) is 2.67. The molecule has 0 spiro atoms. The number of hydrogen-bond acceptors (Lipinski definition) is 5. The van der Waals surface area contributed by atoms with Crippen LogP contribution in [0.1, 0.15) is 12.8 Å². The number of imide groups is 1. The molecule has 2 rings (SSSR count). The van der Waals surface area contributed by atoms with E-state index >= 15 is 0 Å². The second-order valence-corrected chi connectivity index (χ2v) is 4.60. The maximum atomic E-state index is 11.8. The van der Waals surface area contributed by atoms with Crippen LogP contribution < -0.4 is 5.32 Å². The van der Waals surface area contributed by atoms with Crippen molar-refractivity contribution in [3.63, 3.8) is 0 Å². The lowest BCUT2D eigenvalue weighted by Gasteiger charge is -2.31. The van der Waals surface area contributed by atoms with Crippen molar-refractivity contribution in [2.45, 2.75) is 25.0 Å². The number of carboxylic acid groups (broad SMARTS) is 1. The van der Waals surface area contributed by atoms with Gasteiger partial charge in [0, 0.05) is 13.1 Å². The van der Waals surface area contributed by atoms with Crippen LogP contribution in [0.2, 0.25) is 0 Å². The van der Waals surface area contributed by atoms with Crippen molar-refractivity contribution in [3.8, 4) is 0 Å². The number of hydrogen-bond donors (Lipinski definition) is 2. The lowest BCUT2D eigenvalue weighted by atomic mass is 10.2. The smallest absolute Gasteiger partial charge is 0.329 e. The number of nitrogens with one attached hydrogen (secondary N) is 1. The Hall–Kier alpha value is -1.67. The van der Waals surface area contributed by atoms with E-state index < -0.39 is 31.1 Å². The molecule has 19 heavy (non-hydrogen) atoms. The molecule has 0 saturated carbocycles. The molecule has 2 saturated heterocycles.